The fourth-order valence-electron chi connectivity index (χ4n) is 0.881. The molecular formula is C8H9F8NO2. The van der Waals surface area contributed by atoms with Gasteiger partial charge in [0.1, 0.15) is 0 Å². The summed E-state index contributed by atoms with van der Waals surface area (Å²) in [6, 6.07) is 0. The number of carbonyl (C=O) groups is 1. The maximum atomic E-state index is 12.8. The highest BCUT2D eigenvalue weighted by Crippen LogP contribution is 2.48. The summed E-state index contributed by atoms with van der Waals surface area (Å²) >= 11 is 0. The van der Waals surface area contributed by atoms with E-state index in [9.17, 15) is 39.9 Å². The number of carbonyl (C=O) groups excluding carboxylic acids is 1. The topological polar surface area (TPSA) is 49.3 Å². The van der Waals surface area contributed by atoms with Crippen LogP contribution in [0.5, 0.6) is 0 Å². The second-order valence-corrected chi connectivity index (χ2v) is 3.41. The number of rotatable bonds is 7. The molecule has 0 heterocycles. The normalized spacial score (nSPS) is 13.8. The van der Waals surface area contributed by atoms with Crippen LogP contribution in [0.15, 0.2) is 0 Å². The molecule has 0 aliphatic heterocycles. The van der Waals surface area contributed by atoms with Crippen molar-refractivity contribution in [2.45, 2.75) is 30.6 Å². The summed E-state index contributed by atoms with van der Waals surface area (Å²) in [4.78, 5) is 10.7. The van der Waals surface area contributed by atoms with Gasteiger partial charge in [-0.1, -0.05) is 0 Å². The Morgan fingerprint density at radius 1 is 1.11 bits per heavy atom. The van der Waals surface area contributed by atoms with E-state index in [4.69, 9.17) is 5.11 Å². The minimum Gasteiger partial charge on any atom is -0.396 e. The number of hydrogen-bond acceptors (Lipinski definition) is 2. The number of hydrogen-bond donors (Lipinski definition) is 2. The van der Waals surface area contributed by atoms with Crippen molar-refractivity contribution in [2.75, 3.05) is 13.2 Å². The van der Waals surface area contributed by atoms with Gasteiger partial charge in [-0.2, -0.15) is 26.3 Å². The van der Waals surface area contributed by atoms with Crippen LogP contribution in [0.2, 0.25) is 0 Å². The quantitative estimate of drug-likeness (QED) is 0.555. The van der Waals surface area contributed by atoms with E-state index in [-0.39, 0.29) is 6.42 Å². The molecule has 3 nitrogen and oxygen atoms in total. The molecule has 0 aromatic heterocycles. The van der Waals surface area contributed by atoms with Crippen LogP contribution < -0.4 is 5.32 Å². The Kier molecular flexibility index (Phi) is 5.53. The molecule has 0 radical (unpaired) electrons. The summed E-state index contributed by atoms with van der Waals surface area (Å²) in [5.74, 6) is -21.8. The molecule has 0 aromatic carbocycles. The first-order valence-electron chi connectivity index (χ1n) is 4.73. The summed E-state index contributed by atoms with van der Waals surface area (Å²) in [6.07, 6.45) is -5.38. The Balaban J connectivity index is 5.11. The van der Waals surface area contributed by atoms with E-state index in [1.165, 1.54) is 0 Å². The maximum Gasteiger partial charge on any atom is 0.392 e. The van der Waals surface area contributed by atoms with Gasteiger partial charge in [-0.25, -0.2) is 8.78 Å². The van der Waals surface area contributed by atoms with Crippen molar-refractivity contribution < 1.29 is 45.0 Å². The molecule has 114 valence electrons. The molecule has 19 heavy (non-hydrogen) atoms. The van der Waals surface area contributed by atoms with Crippen LogP contribution in [0.25, 0.3) is 0 Å². The van der Waals surface area contributed by atoms with Crippen molar-refractivity contribution in [1.82, 2.24) is 5.32 Å². The van der Waals surface area contributed by atoms with Gasteiger partial charge in [-0.15, -0.1) is 0 Å². The maximum absolute atomic E-state index is 12.8. The van der Waals surface area contributed by atoms with Gasteiger partial charge in [0.25, 0.3) is 5.91 Å². The van der Waals surface area contributed by atoms with Crippen LogP contribution in [0.3, 0.4) is 0 Å². The lowest BCUT2D eigenvalue weighted by molar-refractivity contribution is -0.327. The summed E-state index contributed by atoms with van der Waals surface area (Å²) < 4.78 is 99.2. The zero-order valence-electron chi connectivity index (χ0n) is 9.08. The molecule has 1 amide bonds. The number of halogens is 8. The van der Waals surface area contributed by atoms with Crippen molar-refractivity contribution in [2.24, 2.45) is 0 Å². The Hall–Kier alpha value is -1.13. The lowest BCUT2D eigenvalue weighted by atomic mass is 10.0. The van der Waals surface area contributed by atoms with E-state index in [1.54, 1.807) is 0 Å². The Labute approximate surface area is 101 Å². The van der Waals surface area contributed by atoms with Crippen LogP contribution in [0.1, 0.15) is 6.42 Å². The summed E-state index contributed by atoms with van der Waals surface area (Å²) in [5.41, 5.74) is 0. The molecular weight excluding hydrogens is 294 g/mol. The van der Waals surface area contributed by atoms with Crippen molar-refractivity contribution in [3.05, 3.63) is 0 Å². The van der Waals surface area contributed by atoms with Gasteiger partial charge in [-0.3, -0.25) is 4.79 Å². The van der Waals surface area contributed by atoms with Crippen LogP contribution >= 0.6 is 0 Å². The zero-order chi connectivity index (χ0) is 15.5. The summed E-state index contributed by atoms with van der Waals surface area (Å²) in [7, 11) is 0. The molecule has 0 saturated heterocycles. The Bertz CT molecular complexity index is 320. The molecule has 0 saturated carbocycles. The van der Waals surface area contributed by atoms with E-state index < -0.39 is 43.3 Å². The number of nitrogens with one attached hydrogen (secondary N) is 1. The largest absolute Gasteiger partial charge is 0.396 e. The first-order valence-corrected chi connectivity index (χ1v) is 4.73. The number of aliphatic hydroxyl groups is 1. The van der Waals surface area contributed by atoms with Crippen LogP contribution in [-0.4, -0.2) is 48.4 Å². The van der Waals surface area contributed by atoms with Gasteiger partial charge in [0.05, 0.1) is 0 Å². The molecule has 0 fully saturated rings. The predicted octanol–water partition coefficient (Wildman–Crippen LogP) is 1.66. The third-order valence-electron chi connectivity index (χ3n) is 1.99. The van der Waals surface area contributed by atoms with Crippen molar-refractivity contribution in [1.29, 1.82) is 0 Å². The van der Waals surface area contributed by atoms with Crippen molar-refractivity contribution in [3.63, 3.8) is 0 Å². The van der Waals surface area contributed by atoms with E-state index in [0.717, 1.165) is 5.32 Å². The monoisotopic (exact) mass is 303 g/mol. The SMILES string of the molecule is O=C(NCCCO)C(F)(F)C(F)(F)C(F)(F)C(F)F. The molecule has 11 heteroatoms. The lowest BCUT2D eigenvalue weighted by Gasteiger charge is -2.31. The zero-order valence-corrected chi connectivity index (χ0v) is 9.08. The molecule has 2 N–H and O–H groups in total. The molecule has 0 rings (SSSR count). The molecule has 0 unspecified atom stereocenters. The number of amides is 1. The van der Waals surface area contributed by atoms with Gasteiger partial charge < -0.3 is 10.4 Å². The fourth-order valence-corrected chi connectivity index (χ4v) is 0.881. The number of aliphatic hydroxyl groups excluding tert-OH is 1. The smallest absolute Gasteiger partial charge is 0.392 e. The average molecular weight is 303 g/mol. The van der Waals surface area contributed by atoms with Crippen LogP contribution in [-0.2, 0) is 4.79 Å². The average Bonchev–Trinajstić information content (AvgIpc) is 2.28. The van der Waals surface area contributed by atoms with Crippen molar-refractivity contribution >= 4 is 5.91 Å². The van der Waals surface area contributed by atoms with Gasteiger partial charge in [0.2, 0.25) is 0 Å². The molecule has 0 bridgehead atoms. The predicted molar refractivity (Wildman–Crippen MR) is 45.6 cm³/mol. The number of alkyl halides is 8. The third kappa shape index (κ3) is 3.25. The van der Waals surface area contributed by atoms with E-state index in [2.05, 4.69) is 0 Å². The summed E-state index contributed by atoms with van der Waals surface area (Å²) in [6.45, 7) is -1.29. The second kappa shape index (κ2) is 5.88. The molecule has 0 spiro atoms. The van der Waals surface area contributed by atoms with Crippen LogP contribution in [0, 0.1) is 0 Å². The third-order valence-corrected chi connectivity index (χ3v) is 1.99. The molecule has 0 atom stereocenters. The highest BCUT2D eigenvalue weighted by atomic mass is 19.4. The molecule has 0 aliphatic carbocycles. The second-order valence-electron chi connectivity index (χ2n) is 3.41. The Morgan fingerprint density at radius 3 is 1.95 bits per heavy atom. The summed E-state index contributed by atoms with van der Waals surface area (Å²) in [5, 5.41) is 9.37. The highest BCUT2D eigenvalue weighted by molar-refractivity contribution is 5.84. The fraction of sp³-hybridized carbons (Fsp3) is 0.875. The van der Waals surface area contributed by atoms with Gasteiger partial charge in [0, 0.05) is 13.2 Å². The highest BCUT2D eigenvalue weighted by Gasteiger charge is 2.78. The van der Waals surface area contributed by atoms with E-state index in [1.807, 2.05) is 0 Å². The van der Waals surface area contributed by atoms with Gasteiger partial charge in [-0.05, 0) is 6.42 Å². The van der Waals surface area contributed by atoms with Gasteiger partial charge in [0.15, 0.2) is 0 Å². The lowest BCUT2D eigenvalue weighted by Crippen LogP contribution is -2.63. The van der Waals surface area contributed by atoms with Gasteiger partial charge >= 0.3 is 24.2 Å². The molecule has 0 aromatic rings. The van der Waals surface area contributed by atoms with Crippen molar-refractivity contribution in [3.8, 4) is 0 Å². The minimum atomic E-state index is -6.56. The standard InChI is InChI=1S/C8H9F8NO2/c9-4(10)6(11,12)8(15,16)7(13,14)5(19)17-2-1-3-18/h4,18H,1-3H2,(H,17,19). The van der Waals surface area contributed by atoms with E-state index in [0.29, 0.717) is 0 Å². The first kappa shape index (κ1) is 17.9. The van der Waals surface area contributed by atoms with E-state index >= 15 is 0 Å². The van der Waals surface area contributed by atoms with Crippen LogP contribution in [0.4, 0.5) is 35.1 Å². The first-order chi connectivity index (χ1) is 8.42. The molecule has 0 aliphatic rings. The Morgan fingerprint density at radius 2 is 1.58 bits per heavy atom. The minimum absolute atomic E-state index is 0.307.